The second-order valence-corrected chi connectivity index (χ2v) is 14.7. The van der Waals surface area contributed by atoms with E-state index in [1.54, 1.807) is 21.3 Å². The maximum atomic E-state index is 5.68. The van der Waals surface area contributed by atoms with E-state index in [1.165, 1.54) is 32.3 Å². The minimum absolute atomic E-state index is 0. The smallest absolute Gasteiger partial charge is 1.00 e. The predicted octanol–water partition coefficient (Wildman–Crippen LogP) is -3.02. The molecule has 3 nitrogen and oxygen atoms in total. The molecule has 0 saturated heterocycles. The van der Waals surface area contributed by atoms with Gasteiger partial charge in [0.1, 0.15) is 25.3 Å². The van der Waals surface area contributed by atoms with E-state index >= 15 is 0 Å². The van der Waals surface area contributed by atoms with Gasteiger partial charge in [0.15, 0.2) is 0 Å². The van der Waals surface area contributed by atoms with Crippen LogP contribution in [0.25, 0.3) is 0 Å². The quantitative estimate of drug-likeness (QED) is 0.153. The first-order chi connectivity index (χ1) is 17.5. The number of rotatable bonds is 7. The minimum Gasteiger partial charge on any atom is -1.00 e. The van der Waals surface area contributed by atoms with E-state index < -0.39 is 8.07 Å². The van der Waals surface area contributed by atoms with Crippen molar-refractivity contribution in [1.29, 1.82) is 0 Å². The van der Waals surface area contributed by atoms with Gasteiger partial charge in [-0.1, -0.05) is 62.2 Å². The van der Waals surface area contributed by atoms with E-state index in [-0.39, 0.29) is 64.0 Å². The first-order valence-electron chi connectivity index (χ1n) is 12.8. The SMILES string of the molecule is COc1ccc([Si](c2ccc(OC)c(C)c2)(c2ccc(OC)c(C)c2)C2(C)[C-]=C(C)C(C)=C2C)cc1C.[Cl-].[Cl-].[Cl-].[Ti+4]. The molecule has 1 aliphatic rings. The molecule has 1 aliphatic carbocycles. The van der Waals surface area contributed by atoms with Crippen molar-refractivity contribution in [3.8, 4) is 17.2 Å². The Hall–Kier alpha value is -1.66. The van der Waals surface area contributed by atoms with Crippen molar-refractivity contribution in [2.45, 2.75) is 53.5 Å². The first kappa shape index (κ1) is 39.3. The van der Waals surface area contributed by atoms with Crippen LogP contribution in [0.15, 0.2) is 71.3 Å². The first-order valence-corrected chi connectivity index (χ1v) is 14.8. The van der Waals surface area contributed by atoms with Crippen molar-refractivity contribution in [1.82, 2.24) is 0 Å². The number of hydrogen-bond acceptors (Lipinski definition) is 3. The van der Waals surface area contributed by atoms with Crippen molar-refractivity contribution in [2.24, 2.45) is 0 Å². The Labute approximate surface area is 281 Å². The van der Waals surface area contributed by atoms with Crippen LogP contribution in [0.2, 0.25) is 5.04 Å². The summed E-state index contributed by atoms with van der Waals surface area (Å²) in [4.78, 5) is 0. The van der Waals surface area contributed by atoms with Crippen LogP contribution >= 0.6 is 0 Å². The third kappa shape index (κ3) is 6.34. The van der Waals surface area contributed by atoms with E-state index in [1.807, 2.05) is 0 Å². The number of aryl methyl sites for hydroxylation is 3. The van der Waals surface area contributed by atoms with Gasteiger partial charge in [-0.05, 0) is 71.2 Å². The summed E-state index contributed by atoms with van der Waals surface area (Å²) >= 11 is 0. The molecule has 0 saturated carbocycles. The topological polar surface area (TPSA) is 27.7 Å². The largest absolute Gasteiger partial charge is 4.00 e. The number of methoxy groups -OCH3 is 3. The molecule has 0 aliphatic heterocycles. The number of allylic oxidation sites excluding steroid dienone is 4. The Balaban J connectivity index is 0.00000400. The molecule has 0 amide bonds. The molecule has 0 aromatic heterocycles. The van der Waals surface area contributed by atoms with Gasteiger partial charge >= 0.3 is 21.7 Å². The van der Waals surface area contributed by atoms with E-state index in [0.717, 1.165) is 33.9 Å². The van der Waals surface area contributed by atoms with E-state index in [4.69, 9.17) is 14.2 Å². The Morgan fingerprint density at radius 2 is 0.902 bits per heavy atom. The molecule has 1 atom stereocenters. The summed E-state index contributed by atoms with van der Waals surface area (Å²) in [6.07, 6.45) is 4.02. The molecule has 0 spiro atoms. The second kappa shape index (κ2) is 15.2. The van der Waals surface area contributed by atoms with Crippen LogP contribution in [-0.4, -0.2) is 29.4 Å². The van der Waals surface area contributed by atoms with Gasteiger partial charge in [0, 0.05) is 0 Å². The zero-order valence-corrected chi connectivity index (χ0v) is 30.4. The van der Waals surface area contributed by atoms with Gasteiger partial charge in [0.05, 0.1) is 21.3 Å². The van der Waals surface area contributed by atoms with Gasteiger partial charge in [-0.15, -0.1) is 6.92 Å². The Kier molecular flexibility index (Phi) is 14.6. The fraction of sp³-hybridized carbons (Fsp3) is 0.333. The van der Waals surface area contributed by atoms with Crippen LogP contribution in [0.5, 0.6) is 17.2 Å². The normalized spacial score (nSPS) is 15.9. The molecular formula is C33H39Cl3O3SiTi. The van der Waals surface area contributed by atoms with Crippen molar-refractivity contribution >= 4 is 23.6 Å². The summed E-state index contributed by atoms with van der Waals surface area (Å²) in [6.45, 7) is 15.5. The molecule has 41 heavy (non-hydrogen) atoms. The van der Waals surface area contributed by atoms with Crippen LogP contribution in [0.3, 0.4) is 0 Å². The number of ether oxygens (including phenoxy) is 3. The molecule has 3 aromatic rings. The molecular weight excluding hydrogens is 627 g/mol. The van der Waals surface area contributed by atoms with Gasteiger partial charge in [-0.2, -0.15) is 11.1 Å². The monoisotopic (exact) mass is 664 g/mol. The van der Waals surface area contributed by atoms with Crippen molar-refractivity contribution in [2.75, 3.05) is 21.3 Å². The summed E-state index contributed by atoms with van der Waals surface area (Å²) in [7, 11) is 2.39. The van der Waals surface area contributed by atoms with Gasteiger partial charge in [-0.3, -0.25) is 6.08 Å². The maximum absolute atomic E-state index is 5.68. The standard InChI is InChI=1S/C33H39O3Si.3ClH.Ti/c1-21-17-27(11-14-30(21)34-8)37(28-12-15-31(35-9)22(2)18-28,29-13-16-32(36-10)23(3)19-29)33(7)20-24(4)25(5)26(33)6;;;;/h11-19H,1-10H3;3*1H;/q-1;;;;+4/p-3. The van der Waals surface area contributed by atoms with E-state index in [0.29, 0.717) is 0 Å². The van der Waals surface area contributed by atoms with Gasteiger partial charge < -0.3 is 51.4 Å². The number of halogens is 3. The molecule has 4 rings (SSSR count). The average Bonchev–Trinajstić information content (AvgIpc) is 3.07. The molecule has 0 fully saturated rings. The summed E-state index contributed by atoms with van der Waals surface area (Å²) < 4.78 is 17.0. The van der Waals surface area contributed by atoms with Crippen molar-refractivity contribution in [3.63, 3.8) is 0 Å². The zero-order chi connectivity index (χ0) is 27.1. The molecule has 8 heteroatoms. The summed E-state index contributed by atoms with van der Waals surface area (Å²) in [5.41, 5.74) is 7.35. The Bertz CT molecular complexity index is 1310. The summed E-state index contributed by atoms with van der Waals surface area (Å²) in [6, 6.07) is 20.2. The summed E-state index contributed by atoms with van der Waals surface area (Å²) in [5, 5.41) is 3.68. The number of benzene rings is 3. The van der Waals surface area contributed by atoms with Crippen LogP contribution in [0.4, 0.5) is 0 Å². The van der Waals surface area contributed by atoms with Crippen LogP contribution < -0.4 is 67.0 Å². The molecule has 3 aromatic carbocycles. The summed E-state index contributed by atoms with van der Waals surface area (Å²) in [5.74, 6) is 2.71. The van der Waals surface area contributed by atoms with Crippen molar-refractivity contribution in [3.05, 3.63) is 94.1 Å². The van der Waals surface area contributed by atoms with E-state index in [2.05, 4.69) is 109 Å². The molecule has 0 heterocycles. The van der Waals surface area contributed by atoms with E-state index in [9.17, 15) is 0 Å². The predicted molar refractivity (Wildman–Crippen MR) is 157 cm³/mol. The fourth-order valence-electron chi connectivity index (χ4n) is 6.29. The Morgan fingerprint density at radius 3 is 1.12 bits per heavy atom. The van der Waals surface area contributed by atoms with Gasteiger partial charge in [-0.25, -0.2) is 5.57 Å². The maximum Gasteiger partial charge on any atom is 4.00 e. The Morgan fingerprint density at radius 1 is 0.585 bits per heavy atom. The van der Waals surface area contributed by atoms with Crippen LogP contribution in [-0.2, 0) is 21.7 Å². The average molecular weight is 666 g/mol. The third-order valence-electron chi connectivity index (χ3n) is 8.55. The molecule has 0 bridgehead atoms. The minimum atomic E-state index is -2.82. The molecule has 0 radical (unpaired) electrons. The number of hydrogen-bond donors (Lipinski definition) is 0. The van der Waals surface area contributed by atoms with Gasteiger partial charge in [0.2, 0.25) is 0 Å². The van der Waals surface area contributed by atoms with Gasteiger partial charge in [0.25, 0.3) is 0 Å². The third-order valence-corrected chi connectivity index (χ3v) is 14.1. The molecule has 1 unspecified atom stereocenters. The molecule has 0 N–H and O–H groups in total. The fourth-order valence-corrected chi connectivity index (χ4v) is 12.5. The van der Waals surface area contributed by atoms with Crippen LogP contribution in [0.1, 0.15) is 44.4 Å². The molecule has 218 valence electrons. The van der Waals surface area contributed by atoms with Crippen LogP contribution in [0, 0.1) is 26.8 Å². The zero-order valence-electron chi connectivity index (χ0n) is 25.6. The van der Waals surface area contributed by atoms with Crippen molar-refractivity contribution < 1.29 is 73.1 Å². The second-order valence-electron chi connectivity index (χ2n) is 10.4.